The number of ether oxygens (including phenoxy) is 2. The topological polar surface area (TPSA) is 124 Å². The van der Waals surface area contributed by atoms with Crippen molar-refractivity contribution in [2.24, 2.45) is 10.2 Å². The van der Waals surface area contributed by atoms with Crippen LogP contribution < -0.4 is 15.2 Å². The average Bonchev–Trinajstić information content (AvgIpc) is 2.52. The van der Waals surface area contributed by atoms with Gasteiger partial charge in [-0.1, -0.05) is 12.1 Å². The molecule has 0 aliphatic carbocycles. The highest BCUT2D eigenvalue weighted by Gasteiger charge is 2.15. The number of benzene rings is 2. The minimum atomic E-state index is -4.40. The van der Waals surface area contributed by atoms with Gasteiger partial charge in [-0.15, -0.1) is 10.2 Å². The lowest BCUT2D eigenvalue weighted by atomic mass is 10.2. The molecule has 2 aromatic carbocycles. The van der Waals surface area contributed by atoms with Gasteiger partial charge in [-0.25, -0.2) is 0 Å². The molecule has 8 nitrogen and oxygen atoms in total. The van der Waals surface area contributed by atoms with Crippen molar-refractivity contribution in [3.63, 3.8) is 0 Å². The quantitative estimate of drug-likeness (QED) is 0.491. The minimum Gasteiger partial charge on any atom is -0.495 e. The number of hydrogen-bond acceptors (Lipinski definition) is 7. The van der Waals surface area contributed by atoms with Crippen LogP contribution in [-0.2, 0) is 10.1 Å². The molecule has 2 rings (SSSR count). The molecule has 0 radical (unpaired) electrons. The Kier molecular flexibility index (Phi) is 4.82. The molecule has 0 heterocycles. The highest BCUT2D eigenvalue weighted by atomic mass is 32.2. The number of hydrogen-bond donors (Lipinski definition) is 2. The molecule has 0 aliphatic rings. The van der Waals surface area contributed by atoms with Gasteiger partial charge in [0, 0.05) is 12.1 Å². The largest absolute Gasteiger partial charge is 0.495 e. The molecule has 0 atom stereocenters. The maximum atomic E-state index is 11.3. The van der Waals surface area contributed by atoms with E-state index in [9.17, 15) is 13.0 Å². The average molecular weight is 337 g/mol. The van der Waals surface area contributed by atoms with Crippen molar-refractivity contribution in [3.05, 3.63) is 36.4 Å². The van der Waals surface area contributed by atoms with E-state index in [4.69, 9.17) is 15.2 Å². The molecule has 0 aliphatic heterocycles. The van der Waals surface area contributed by atoms with Crippen molar-refractivity contribution in [2.45, 2.75) is 4.90 Å². The van der Waals surface area contributed by atoms with Crippen LogP contribution in [0.1, 0.15) is 0 Å². The number of anilines is 1. The van der Waals surface area contributed by atoms with Gasteiger partial charge in [-0.3, -0.25) is 4.55 Å². The molecular weight excluding hydrogens is 322 g/mol. The van der Waals surface area contributed by atoms with Gasteiger partial charge < -0.3 is 15.2 Å². The number of nitrogen functional groups attached to an aromatic ring is 1. The second-order valence-corrected chi connectivity index (χ2v) is 5.80. The molecule has 3 N–H and O–H groups in total. The first-order chi connectivity index (χ1) is 10.9. The molecule has 9 heteroatoms. The summed E-state index contributed by atoms with van der Waals surface area (Å²) in [7, 11) is -1.51. The number of nitrogens with zero attached hydrogens (tertiary/aromatic N) is 2. The Balaban J connectivity index is 2.50. The van der Waals surface area contributed by atoms with Crippen molar-refractivity contribution < 1.29 is 22.4 Å². The molecule has 0 saturated carbocycles. The molecule has 0 spiro atoms. The third-order valence-electron chi connectivity index (χ3n) is 2.94. The molecule has 2 aromatic rings. The van der Waals surface area contributed by atoms with Gasteiger partial charge >= 0.3 is 0 Å². The predicted molar refractivity (Wildman–Crippen MR) is 84.4 cm³/mol. The number of rotatable bonds is 5. The van der Waals surface area contributed by atoms with Gasteiger partial charge in [0.15, 0.2) is 0 Å². The van der Waals surface area contributed by atoms with Crippen molar-refractivity contribution in [1.29, 1.82) is 0 Å². The maximum Gasteiger partial charge on any atom is 0.296 e. The zero-order chi connectivity index (χ0) is 17.0. The van der Waals surface area contributed by atoms with Crippen LogP contribution in [0, 0.1) is 0 Å². The van der Waals surface area contributed by atoms with E-state index in [1.807, 2.05) is 0 Å². The molecule has 0 amide bonds. The van der Waals surface area contributed by atoms with Crippen LogP contribution in [0.15, 0.2) is 51.5 Å². The first-order valence-corrected chi connectivity index (χ1v) is 7.80. The highest BCUT2D eigenvalue weighted by molar-refractivity contribution is 7.86. The van der Waals surface area contributed by atoms with Crippen molar-refractivity contribution in [3.8, 4) is 11.5 Å². The lowest BCUT2D eigenvalue weighted by Crippen LogP contribution is -1.97. The fraction of sp³-hybridized carbons (Fsp3) is 0.143. The first kappa shape index (κ1) is 16.7. The Labute approximate surface area is 133 Å². The van der Waals surface area contributed by atoms with Crippen LogP contribution in [-0.4, -0.2) is 27.2 Å². The summed E-state index contributed by atoms with van der Waals surface area (Å²) in [5.74, 6) is 0.721. The van der Waals surface area contributed by atoms with E-state index in [1.54, 1.807) is 6.07 Å². The van der Waals surface area contributed by atoms with Crippen LogP contribution in [0.4, 0.5) is 17.1 Å². The van der Waals surface area contributed by atoms with Crippen molar-refractivity contribution in [2.75, 3.05) is 20.0 Å². The Morgan fingerprint density at radius 3 is 2.22 bits per heavy atom. The summed E-state index contributed by atoms with van der Waals surface area (Å²) in [6.07, 6.45) is 0. The van der Waals surface area contributed by atoms with Crippen LogP contribution in [0.25, 0.3) is 0 Å². The lowest BCUT2D eigenvalue weighted by molar-refractivity contribution is 0.406. The lowest BCUT2D eigenvalue weighted by Gasteiger charge is -2.09. The van der Waals surface area contributed by atoms with Gasteiger partial charge in [0.2, 0.25) is 0 Å². The van der Waals surface area contributed by atoms with E-state index in [0.717, 1.165) is 0 Å². The second kappa shape index (κ2) is 6.63. The van der Waals surface area contributed by atoms with Gasteiger partial charge in [-0.05, 0) is 12.1 Å². The minimum absolute atomic E-state index is 0.00663. The van der Waals surface area contributed by atoms with E-state index in [1.165, 1.54) is 44.6 Å². The molecular formula is C14H15N3O5S. The summed E-state index contributed by atoms with van der Waals surface area (Å²) in [4.78, 5) is -0.342. The molecule has 0 saturated heterocycles. The van der Waals surface area contributed by atoms with E-state index in [2.05, 4.69) is 10.2 Å². The summed E-state index contributed by atoms with van der Waals surface area (Å²) in [5, 5.41) is 7.83. The summed E-state index contributed by atoms with van der Waals surface area (Å²) in [6.45, 7) is 0. The molecule has 0 aromatic heterocycles. The summed E-state index contributed by atoms with van der Waals surface area (Å²) < 4.78 is 42.1. The summed E-state index contributed by atoms with van der Waals surface area (Å²) in [6, 6.07) is 8.70. The standard InChI is InChI=1S/C14H15N3O5S/c1-21-12-8-11(13(22-2)7-9(12)15)17-16-10-5-3-4-6-14(10)23(18,19)20/h3-8H,15H2,1-2H3,(H,18,19,20). The second-order valence-electron chi connectivity index (χ2n) is 4.41. The molecule has 0 unspecified atom stereocenters. The third-order valence-corrected chi connectivity index (χ3v) is 3.84. The fourth-order valence-corrected chi connectivity index (χ4v) is 2.47. The van der Waals surface area contributed by atoms with E-state index < -0.39 is 10.1 Å². The maximum absolute atomic E-state index is 11.3. The monoisotopic (exact) mass is 337 g/mol. The Morgan fingerprint density at radius 2 is 1.61 bits per heavy atom. The van der Waals surface area contributed by atoms with Gasteiger partial charge in [0.1, 0.15) is 27.8 Å². The normalized spacial score (nSPS) is 11.6. The van der Waals surface area contributed by atoms with Gasteiger partial charge in [-0.2, -0.15) is 8.42 Å². The fourth-order valence-electron chi connectivity index (χ4n) is 1.85. The van der Waals surface area contributed by atoms with Crippen LogP contribution >= 0.6 is 0 Å². The molecule has 0 bridgehead atoms. The highest BCUT2D eigenvalue weighted by Crippen LogP contribution is 2.37. The molecule has 0 fully saturated rings. The van der Waals surface area contributed by atoms with E-state index >= 15 is 0 Å². The predicted octanol–water partition coefficient (Wildman–Crippen LogP) is 2.95. The zero-order valence-electron chi connectivity index (χ0n) is 12.4. The Bertz CT molecular complexity index is 849. The molecule has 23 heavy (non-hydrogen) atoms. The van der Waals surface area contributed by atoms with E-state index in [0.29, 0.717) is 22.9 Å². The van der Waals surface area contributed by atoms with Crippen LogP contribution in [0.5, 0.6) is 11.5 Å². The van der Waals surface area contributed by atoms with E-state index in [-0.39, 0.29) is 10.6 Å². The summed E-state index contributed by atoms with van der Waals surface area (Å²) in [5.41, 5.74) is 6.43. The van der Waals surface area contributed by atoms with Gasteiger partial charge in [0.05, 0.1) is 19.9 Å². The van der Waals surface area contributed by atoms with Crippen LogP contribution in [0.3, 0.4) is 0 Å². The van der Waals surface area contributed by atoms with Crippen LogP contribution in [0.2, 0.25) is 0 Å². The third kappa shape index (κ3) is 3.76. The zero-order valence-corrected chi connectivity index (χ0v) is 13.2. The number of methoxy groups -OCH3 is 2. The van der Waals surface area contributed by atoms with Crippen molar-refractivity contribution >= 4 is 27.2 Å². The first-order valence-electron chi connectivity index (χ1n) is 6.36. The SMILES string of the molecule is COc1cc(N=Nc2ccccc2S(=O)(=O)O)c(OC)cc1N. The Morgan fingerprint density at radius 1 is 1.00 bits per heavy atom. The van der Waals surface area contributed by atoms with Crippen molar-refractivity contribution in [1.82, 2.24) is 0 Å². The van der Waals surface area contributed by atoms with Gasteiger partial charge in [0.25, 0.3) is 10.1 Å². The number of nitrogens with two attached hydrogens (primary N) is 1. The summed E-state index contributed by atoms with van der Waals surface area (Å²) >= 11 is 0. The molecule has 122 valence electrons. The Hall–Kier alpha value is -2.65. The smallest absolute Gasteiger partial charge is 0.296 e. The number of azo groups is 1.